The van der Waals surface area contributed by atoms with E-state index >= 15 is 0 Å². The van der Waals surface area contributed by atoms with Crippen LogP contribution < -0.4 is 20.1 Å². The number of aryl methyl sites for hydroxylation is 2. The van der Waals surface area contributed by atoms with Gasteiger partial charge in [0.25, 0.3) is 5.91 Å². The van der Waals surface area contributed by atoms with E-state index in [1.165, 1.54) is 12.1 Å². The lowest BCUT2D eigenvalue weighted by Crippen LogP contribution is -2.29. The minimum absolute atomic E-state index is 0.0216. The van der Waals surface area contributed by atoms with Crippen LogP contribution in [0.25, 0.3) is 11.1 Å². The Morgan fingerprint density at radius 2 is 1.54 bits per heavy atom. The third-order valence-corrected chi connectivity index (χ3v) is 6.23. The zero-order chi connectivity index (χ0) is 30.2. The third-order valence-electron chi connectivity index (χ3n) is 6.23. The van der Waals surface area contributed by atoms with Crippen molar-refractivity contribution in [2.24, 2.45) is 5.92 Å². The van der Waals surface area contributed by atoms with Gasteiger partial charge >= 0.3 is 12.3 Å². The molecule has 0 saturated carbocycles. The molecule has 3 rings (SSSR count). The highest BCUT2D eigenvalue weighted by atomic mass is 19.4. The maximum absolute atomic E-state index is 12.5. The number of amides is 1. The van der Waals surface area contributed by atoms with Crippen LogP contribution in [0.2, 0.25) is 0 Å². The van der Waals surface area contributed by atoms with Gasteiger partial charge in [-0.25, -0.2) is 0 Å². The average Bonchev–Trinajstić information content (AvgIpc) is 2.87. The van der Waals surface area contributed by atoms with Gasteiger partial charge < -0.3 is 25.2 Å². The first-order chi connectivity index (χ1) is 19.3. The molecule has 1 atom stereocenters. The number of carbonyl (C=O) groups excluding carboxylic acids is 1. The van der Waals surface area contributed by atoms with Gasteiger partial charge in [0.15, 0.2) is 0 Å². The molecule has 0 aliphatic carbocycles. The summed E-state index contributed by atoms with van der Waals surface area (Å²) >= 11 is 0. The number of alkyl halides is 3. The first-order valence-electron chi connectivity index (χ1n) is 13.3. The standard InChI is InChI=1S/C31H35F3N2O5/c1-19(2)15-25(36-24-9-5-23(6-10-24)30(39)35-14-13-28(37)38)18-40-27-16-20(3)29(21(4)17-27)22-7-11-26(12-8-22)41-31(32,33)34/h5-12,16-17,19,25,36H,13-15,18H2,1-4H3,(H,35,39)(H,37,38)/t25-/m0/s1. The Morgan fingerprint density at radius 1 is 0.927 bits per heavy atom. The molecular weight excluding hydrogens is 537 g/mol. The molecule has 3 aromatic rings. The maximum atomic E-state index is 12.5. The molecule has 0 aliphatic heterocycles. The van der Waals surface area contributed by atoms with Crippen molar-refractivity contribution in [3.05, 3.63) is 77.4 Å². The van der Waals surface area contributed by atoms with Crippen molar-refractivity contribution in [2.75, 3.05) is 18.5 Å². The average molecular weight is 573 g/mol. The van der Waals surface area contributed by atoms with Gasteiger partial charge in [-0.1, -0.05) is 26.0 Å². The number of aliphatic carboxylic acids is 1. The SMILES string of the molecule is Cc1cc(OC[C@H](CC(C)C)Nc2ccc(C(=O)NCCC(=O)O)cc2)cc(C)c1-c1ccc(OC(F)(F)F)cc1. The van der Waals surface area contributed by atoms with Gasteiger partial charge in [-0.05, 0) is 97.0 Å². The van der Waals surface area contributed by atoms with Crippen LogP contribution in [-0.2, 0) is 4.79 Å². The van der Waals surface area contributed by atoms with Crippen LogP contribution in [0.5, 0.6) is 11.5 Å². The van der Waals surface area contributed by atoms with Crippen LogP contribution in [0.4, 0.5) is 18.9 Å². The minimum atomic E-state index is -4.74. The van der Waals surface area contributed by atoms with E-state index in [-0.39, 0.29) is 30.7 Å². The Bertz CT molecular complexity index is 1300. The van der Waals surface area contributed by atoms with Crippen LogP contribution in [-0.4, -0.2) is 42.5 Å². The Hall–Kier alpha value is -4.21. The van der Waals surface area contributed by atoms with Crippen molar-refractivity contribution >= 4 is 17.6 Å². The van der Waals surface area contributed by atoms with Crippen molar-refractivity contribution in [3.8, 4) is 22.6 Å². The topological polar surface area (TPSA) is 96.9 Å². The number of rotatable bonds is 13. The molecule has 41 heavy (non-hydrogen) atoms. The Kier molecular flexibility index (Phi) is 10.6. The fraction of sp³-hybridized carbons (Fsp3) is 0.355. The van der Waals surface area contributed by atoms with Gasteiger partial charge in [0.1, 0.15) is 18.1 Å². The van der Waals surface area contributed by atoms with E-state index in [0.29, 0.717) is 23.8 Å². The third kappa shape index (κ3) is 10.0. The fourth-order valence-corrected chi connectivity index (χ4v) is 4.56. The van der Waals surface area contributed by atoms with E-state index in [0.717, 1.165) is 34.4 Å². The van der Waals surface area contributed by atoms with Crippen LogP contribution in [0.15, 0.2) is 60.7 Å². The van der Waals surface area contributed by atoms with E-state index in [1.807, 2.05) is 26.0 Å². The summed E-state index contributed by atoms with van der Waals surface area (Å²) in [6, 6.07) is 16.6. The summed E-state index contributed by atoms with van der Waals surface area (Å²) in [7, 11) is 0. The molecule has 0 bridgehead atoms. The Labute approximate surface area is 237 Å². The monoisotopic (exact) mass is 572 g/mol. The molecule has 0 aromatic heterocycles. The summed E-state index contributed by atoms with van der Waals surface area (Å²) < 4.78 is 47.6. The zero-order valence-electron chi connectivity index (χ0n) is 23.5. The molecule has 0 heterocycles. The number of hydrogen-bond donors (Lipinski definition) is 3. The molecule has 7 nitrogen and oxygen atoms in total. The number of halogens is 3. The summed E-state index contributed by atoms with van der Waals surface area (Å²) in [6.45, 7) is 8.54. The smallest absolute Gasteiger partial charge is 0.491 e. The Balaban J connectivity index is 1.65. The maximum Gasteiger partial charge on any atom is 0.573 e. The molecule has 3 aromatic carbocycles. The molecule has 0 unspecified atom stereocenters. The molecule has 0 radical (unpaired) electrons. The highest BCUT2D eigenvalue weighted by Gasteiger charge is 2.31. The van der Waals surface area contributed by atoms with Crippen molar-refractivity contribution in [1.29, 1.82) is 0 Å². The summed E-state index contributed by atoms with van der Waals surface area (Å²) in [5.41, 5.74) is 4.80. The number of nitrogens with one attached hydrogen (secondary N) is 2. The highest BCUT2D eigenvalue weighted by molar-refractivity contribution is 5.94. The highest BCUT2D eigenvalue weighted by Crippen LogP contribution is 2.33. The lowest BCUT2D eigenvalue weighted by atomic mass is 9.95. The first-order valence-corrected chi connectivity index (χ1v) is 13.3. The number of benzene rings is 3. The van der Waals surface area contributed by atoms with Crippen molar-refractivity contribution in [1.82, 2.24) is 5.32 Å². The largest absolute Gasteiger partial charge is 0.573 e. The van der Waals surface area contributed by atoms with Gasteiger partial charge in [-0.2, -0.15) is 0 Å². The Morgan fingerprint density at radius 3 is 2.07 bits per heavy atom. The molecule has 0 aliphatic rings. The van der Waals surface area contributed by atoms with E-state index in [2.05, 4.69) is 29.2 Å². The molecule has 0 spiro atoms. The van der Waals surface area contributed by atoms with Crippen molar-refractivity contribution in [3.63, 3.8) is 0 Å². The van der Waals surface area contributed by atoms with Gasteiger partial charge in [-0.3, -0.25) is 9.59 Å². The molecular formula is C31H35F3N2O5. The van der Waals surface area contributed by atoms with Gasteiger partial charge in [0.05, 0.1) is 12.5 Å². The van der Waals surface area contributed by atoms with Crippen LogP contribution >= 0.6 is 0 Å². The van der Waals surface area contributed by atoms with Crippen LogP contribution in [0.1, 0.15) is 48.2 Å². The number of anilines is 1. The van der Waals surface area contributed by atoms with E-state index in [4.69, 9.17) is 9.84 Å². The number of carbonyl (C=O) groups is 2. The van der Waals surface area contributed by atoms with Gasteiger partial charge in [-0.15, -0.1) is 13.2 Å². The fourth-order valence-electron chi connectivity index (χ4n) is 4.56. The van der Waals surface area contributed by atoms with Crippen molar-refractivity contribution < 1.29 is 37.3 Å². The zero-order valence-corrected chi connectivity index (χ0v) is 23.5. The normalized spacial score (nSPS) is 12.1. The van der Waals surface area contributed by atoms with Gasteiger partial charge in [0, 0.05) is 17.8 Å². The lowest BCUT2D eigenvalue weighted by Gasteiger charge is -2.23. The molecule has 10 heteroatoms. The summed E-state index contributed by atoms with van der Waals surface area (Å²) in [6.07, 6.45) is -4.04. The molecule has 0 fully saturated rings. The second-order valence-electron chi connectivity index (χ2n) is 10.3. The first kappa shape index (κ1) is 31.3. The van der Waals surface area contributed by atoms with Crippen LogP contribution in [0, 0.1) is 19.8 Å². The van der Waals surface area contributed by atoms with E-state index in [1.54, 1.807) is 36.4 Å². The number of carboxylic acids is 1. The summed E-state index contributed by atoms with van der Waals surface area (Å²) in [5.74, 6) is -0.499. The molecule has 220 valence electrons. The number of hydrogen-bond acceptors (Lipinski definition) is 5. The minimum Gasteiger partial charge on any atom is -0.491 e. The van der Waals surface area contributed by atoms with E-state index in [9.17, 15) is 22.8 Å². The molecule has 3 N–H and O–H groups in total. The summed E-state index contributed by atoms with van der Waals surface area (Å²) in [5, 5.41) is 14.8. The predicted molar refractivity (Wildman–Crippen MR) is 151 cm³/mol. The summed E-state index contributed by atoms with van der Waals surface area (Å²) in [4.78, 5) is 22.8. The molecule has 1 amide bonds. The van der Waals surface area contributed by atoms with E-state index < -0.39 is 12.3 Å². The quantitative estimate of drug-likeness (QED) is 0.205. The predicted octanol–water partition coefficient (Wildman–Crippen LogP) is 6.98. The van der Waals surface area contributed by atoms with Gasteiger partial charge in [0.2, 0.25) is 0 Å². The second-order valence-corrected chi connectivity index (χ2v) is 10.3. The second kappa shape index (κ2) is 13.9. The van der Waals surface area contributed by atoms with Crippen LogP contribution in [0.3, 0.4) is 0 Å². The number of ether oxygens (including phenoxy) is 2. The lowest BCUT2D eigenvalue weighted by molar-refractivity contribution is -0.274. The number of carboxylic acid groups (broad SMARTS) is 1. The molecule has 0 saturated heterocycles. The van der Waals surface area contributed by atoms with Crippen molar-refractivity contribution in [2.45, 2.75) is 52.9 Å².